The van der Waals surface area contributed by atoms with Crippen LogP contribution in [0.4, 0.5) is 0 Å². The number of nitrogens with two attached hydrogens (primary N) is 1. The van der Waals surface area contributed by atoms with Crippen LogP contribution in [0.1, 0.15) is 48.4 Å². The van der Waals surface area contributed by atoms with Crippen molar-refractivity contribution in [1.82, 2.24) is 9.78 Å². The minimum absolute atomic E-state index is 0.224. The molecule has 101 valence electrons. The van der Waals surface area contributed by atoms with Crippen LogP contribution in [-0.4, -0.2) is 9.78 Å². The van der Waals surface area contributed by atoms with E-state index in [0.717, 1.165) is 23.4 Å². The average molecular weight is 256 g/mol. The van der Waals surface area contributed by atoms with Crippen LogP contribution in [0.5, 0.6) is 0 Å². The van der Waals surface area contributed by atoms with Gasteiger partial charge in [0.25, 0.3) is 0 Å². The van der Waals surface area contributed by atoms with Crippen molar-refractivity contribution in [1.29, 1.82) is 0 Å². The highest BCUT2D eigenvalue weighted by molar-refractivity contribution is 5.30. The van der Waals surface area contributed by atoms with Crippen LogP contribution >= 0.6 is 0 Å². The molecule has 0 fully saturated rings. The van der Waals surface area contributed by atoms with Crippen molar-refractivity contribution in [3.05, 3.63) is 52.8 Å². The minimum Gasteiger partial charge on any atom is -0.306 e. The fraction of sp³-hybridized carbons (Fsp3) is 0.438. The van der Waals surface area contributed by atoms with E-state index in [1.165, 1.54) is 18.4 Å². The van der Waals surface area contributed by atoms with E-state index in [9.17, 15) is 0 Å². The van der Waals surface area contributed by atoms with E-state index in [2.05, 4.69) is 30.2 Å². The molecule has 0 aliphatic carbocycles. The fourth-order valence-electron chi connectivity index (χ4n) is 2.41. The van der Waals surface area contributed by atoms with Crippen molar-refractivity contribution in [2.75, 3.05) is 0 Å². The van der Waals surface area contributed by atoms with Crippen LogP contribution in [0.3, 0.4) is 0 Å². The molecule has 0 bridgehead atoms. The molecule has 2 N–H and O–H groups in total. The molecular weight excluding hydrogens is 234 g/mol. The molecule has 1 radical (unpaired) electrons. The molecule has 1 aromatic carbocycles. The second-order valence-corrected chi connectivity index (χ2v) is 5.04. The summed E-state index contributed by atoms with van der Waals surface area (Å²) in [4.78, 5) is 0. The van der Waals surface area contributed by atoms with Crippen molar-refractivity contribution in [3.63, 3.8) is 0 Å². The molecule has 0 aliphatic rings. The molecule has 2 aromatic rings. The number of benzene rings is 1. The van der Waals surface area contributed by atoms with Crippen molar-refractivity contribution in [2.24, 2.45) is 5.73 Å². The maximum atomic E-state index is 6.38. The Hall–Kier alpha value is -1.61. The first kappa shape index (κ1) is 13.8. The van der Waals surface area contributed by atoms with Gasteiger partial charge in [-0.1, -0.05) is 25.5 Å². The van der Waals surface area contributed by atoms with Gasteiger partial charge in [0.05, 0.1) is 5.69 Å². The number of aryl methyl sites for hydroxylation is 3. The van der Waals surface area contributed by atoms with E-state index in [-0.39, 0.29) is 6.17 Å². The smallest absolute Gasteiger partial charge is 0.125 e. The SMILES string of the molecule is CCCCc1cc[c]cc1C(N)n1nc(C)cc1C. The van der Waals surface area contributed by atoms with Crippen molar-refractivity contribution < 1.29 is 0 Å². The van der Waals surface area contributed by atoms with Crippen molar-refractivity contribution in [2.45, 2.75) is 46.2 Å². The number of hydrogen-bond donors (Lipinski definition) is 1. The Morgan fingerprint density at radius 1 is 1.42 bits per heavy atom. The van der Waals surface area contributed by atoms with Crippen LogP contribution in [0.25, 0.3) is 0 Å². The van der Waals surface area contributed by atoms with Crippen molar-refractivity contribution in [3.8, 4) is 0 Å². The average Bonchev–Trinajstić information content (AvgIpc) is 2.75. The van der Waals surface area contributed by atoms with Crippen LogP contribution in [0.15, 0.2) is 24.3 Å². The molecule has 0 spiro atoms. The second-order valence-electron chi connectivity index (χ2n) is 5.04. The van der Waals surface area contributed by atoms with Crippen LogP contribution in [0.2, 0.25) is 0 Å². The lowest BCUT2D eigenvalue weighted by atomic mass is 10.0. The van der Waals surface area contributed by atoms with Gasteiger partial charge in [0.2, 0.25) is 0 Å². The number of aromatic nitrogens is 2. The van der Waals surface area contributed by atoms with Crippen LogP contribution in [0, 0.1) is 19.9 Å². The van der Waals surface area contributed by atoms with E-state index >= 15 is 0 Å². The Bertz CT molecular complexity index is 543. The predicted molar refractivity (Wildman–Crippen MR) is 77.9 cm³/mol. The number of nitrogens with zero attached hydrogens (tertiary/aromatic N) is 2. The number of unbranched alkanes of at least 4 members (excludes halogenated alkanes) is 1. The summed E-state index contributed by atoms with van der Waals surface area (Å²) < 4.78 is 1.90. The zero-order valence-electron chi connectivity index (χ0n) is 12.0. The van der Waals surface area contributed by atoms with Gasteiger partial charge in [-0.2, -0.15) is 5.10 Å². The van der Waals surface area contributed by atoms with E-state index < -0.39 is 0 Å². The topological polar surface area (TPSA) is 43.8 Å². The third-order valence-electron chi connectivity index (χ3n) is 3.42. The van der Waals surface area contributed by atoms with Gasteiger partial charge in [0.15, 0.2) is 0 Å². The monoisotopic (exact) mass is 256 g/mol. The Morgan fingerprint density at radius 3 is 2.84 bits per heavy atom. The maximum absolute atomic E-state index is 6.38. The Kier molecular flexibility index (Phi) is 4.38. The summed E-state index contributed by atoms with van der Waals surface area (Å²) in [5, 5.41) is 4.49. The molecule has 3 heteroatoms. The summed E-state index contributed by atoms with van der Waals surface area (Å²) >= 11 is 0. The van der Waals surface area contributed by atoms with E-state index in [0.29, 0.717) is 0 Å². The largest absolute Gasteiger partial charge is 0.306 e. The molecule has 3 nitrogen and oxygen atoms in total. The van der Waals surface area contributed by atoms with Gasteiger partial charge in [0, 0.05) is 5.69 Å². The Labute approximate surface area is 115 Å². The van der Waals surface area contributed by atoms with Gasteiger partial charge >= 0.3 is 0 Å². The van der Waals surface area contributed by atoms with Gasteiger partial charge < -0.3 is 5.73 Å². The molecule has 0 saturated heterocycles. The first-order valence-electron chi connectivity index (χ1n) is 6.90. The molecule has 0 aliphatic heterocycles. The minimum atomic E-state index is -0.224. The molecule has 1 atom stereocenters. The molecule has 0 amide bonds. The highest BCUT2D eigenvalue weighted by Gasteiger charge is 2.15. The molecule has 19 heavy (non-hydrogen) atoms. The first-order valence-corrected chi connectivity index (χ1v) is 6.90. The summed E-state index contributed by atoms with van der Waals surface area (Å²) in [5.41, 5.74) is 10.9. The van der Waals surface area contributed by atoms with Gasteiger partial charge in [-0.05, 0) is 56.0 Å². The van der Waals surface area contributed by atoms with Crippen molar-refractivity contribution >= 4 is 0 Å². The Morgan fingerprint density at radius 2 is 2.21 bits per heavy atom. The fourth-order valence-corrected chi connectivity index (χ4v) is 2.41. The molecule has 1 aromatic heterocycles. The second kappa shape index (κ2) is 6.02. The standard InChI is InChI=1S/C16H22N3/c1-4-5-8-14-9-6-7-10-15(14)16(17)19-13(3)11-12(2)18-19/h6,9-11,16H,4-5,8,17H2,1-3H3. The van der Waals surface area contributed by atoms with Gasteiger partial charge in [-0.3, -0.25) is 0 Å². The molecule has 0 saturated carbocycles. The lowest BCUT2D eigenvalue weighted by Crippen LogP contribution is -2.23. The maximum Gasteiger partial charge on any atom is 0.125 e. The van der Waals surface area contributed by atoms with Crippen LogP contribution in [-0.2, 0) is 6.42 Å². The van der Waals surface area contributed by atoms with Crippen LogP contribution < -0.4 is 5.73 Å². The number of rotatable bonds is 5. The Balaban J connectivity index is 2.32. The van der Waals surface area contributed by atoms with E-state index in [1.54, 1.807) is 0 Å². The van der Waals surface area contributed by atoms with E-state index in [4.69, 9.17) is 5.73 Å². The summed E-state index contributed by atoms with van der Waals surface area (Å²) in [6.07, 6.45) is 3.21. The lowest BCUT2D eigenvalue weighted by molar-refractivity contribution is 0.520. The van der Waals surface area contributed by atoms with Gasteiger partial charge in [-0.15, -0.1) is 0 Å². The van der Waals surface area contributed by atoms with E-state index in [1.807, 2.05) is 30.7 Å². The first-order chi connectivity index (χ1) is 9.13. The van der Waals surface area contributed by atoms with Gasteiger partial charge in [-0.25, -0.2) is 4.68 Å². The zero-order valence-corrected chi connectivity index (χ0v) is 12.0. The summed E-state index contributed by atoms with van der Waals surface area (Å²) in [6.45, 7) is 6.24. The number of hydrogen-bond acceptors (Lipinski definition) is 2. The highest BCUT2D eigenvalue weighted by atomic mass is 15.3. The highest BCUT2D eigenvalue weighted by Crippen LogP contribution is 2.20. The third kappa shape index (κ3) is 3.04. The molecular formula is C16H22N3. The van der Waals surface area contributed by atoms with Gasteiger partial charge in [0.1, 0.15) is 6.17 Å². The summed E-state index contributed by atoms with van der Waals surface area (Å²) in [6, 6.07) is 11.3. The quantitative estimate of drug-likeness (QED) is 0.893. The molecule has 2 rings (SSSR count). The summed E-state index contributed by atoms with van der Waals surface area (Å²) in [7, 11) is 0. The molecule has 1 heterocycles. The summed E-state index contributed by atoms with van der Waals surface area (Å²) in [5.74, 6) is 0. The third-order valence-corrected chi connectivity index (χ3v) is 3.42. The zero-order chi connectivity index (χ0) is 13.8. The molecule has 1 unspecified atom stereocenters. The predicted octanol–water partition coefficient (Wildman–Crippen LogP) is 3.15. The normalized spacial score (nSPS) is 12.6. The lowest BCUT2D eigenvalue weighted by Gasteiger charge is -2.18.